The third-order valence-corrected chi connectivity index (χ3v) is 3.28. The summed E-state index contributed by atoms with van der Waals surface area (Å²) in [6, 6.07) is 7.08. The lowest BCUT2D eigenvalue weighted by Crippen LogP contribution is -2.40. The van der Waals surface area contributed by atoms with Crippen LogP contribution in [-0.4, -0.2) is 43.0 Å². The molecule has 3 N–H and O–H groups in total. The van der Waals surface area contributed by atoms with Crippen molar-refractivity contribution in [1.29, 1.82) is 0 Å². The molecular formula is C15H22ClN3O3. The molecule has 0 radical (unpaired) electrons. The molecule has 2 rings (SSSR count). The van der Waals surface area contributed by atoms with Crippen molar-refractivity contribution in [3.63, 3.8) is 0 Å². The fraction of sp³-hybridized carbons (Fsp3) is 0.467. The van der Waals surface area contributed by atoms with E-state index in [1.807, 2.05) is 0 Å². The molecule has 122 valence electrons. The Morgan fingerprint density at radius 3 is 2.64 bits per heavy atom. The molecule has 1 aliphatic rings. The zero-order valence-electron chi connectivity index (χ0n) is 12.4. The van der Waals surface area contributed by atoms with E-state index in [2.05, 4.69) is 5.32 Å². The van der Waals surface area contributed by atoms with Crippen molar-refractivity contribution in [2.75, 3.05) is 31.6 Å². The molecular weight excluding hydrogens is 306 g/mol. The first-order valence-corrected chi connectivity index (χ1v) is 7.19. The molecule has 1 aromatic rings. The molecule has 1 fully saturated rings. The molecule has 0 atom stereocenters. The Hall–Kier alpha value is -1.79. The molecule has 2 amide bonds. The number of halogens is 1. The number of benzene rings is 1. The highest BCUT2D eigenvalue weighted by molar-refractivity contribution is 5.94. The second kappa shape index (κ2) is 9.27. The Bertz CT molecular complexity index is 493. The quantitative estimate of drug-likeness (QED) is 0.827. The van der Waals surface area contributed by atoms with Gasteiger partial charge in [-0.1, -0.05) is 0 Å². The van der Waals surface area contributed by atoms with Crippen LogP contribution in [0.1, 0.15) is 19.3 Å². The molecule has 0 saturated carbocycles. The summed E-state index contributed by atoms with van der Waals surface area (Å²) in [5.41, 5.74) is 6.04. The average molecular weight is 328 g/mol. The van der Waals surface area contributed by atoms with Crippen LogP contribution in [-0.2, 0) is 9.59 Å². The lowest BCUT2D eigenvalue weighted by atomic mass is 10.1. The topological polar surface area (TPSA) is 84.7 Å². The van der Waals surface area contributed by atoms with Gasteiger partial charge in [-0.15, -0.1) is 12.4 Å². The van der Waals surface area contributed by atoms with E-state index in [1.54, 1.807) is 29.2 Å². The number of ether oxygens (including phenoxy) is 1. The van der Waals surface area contributed by atoms with Crippen molar-refractivity contribution in [2.24, 2.45) is 5.73 Å². The van der Waals surface area contributed by atoms with Gasteiger partial charge in [-0.25, -0.2) is 0 Å². The summed E-state index contributed by atoms with van der Waals surface area (Å²) < 4.78 is 5.36. The van der Waals surface area contributed by atoms with Crippen LogP contribution in [0.4, 0.5) is 5.69 Å². The van der Waals surface area contributed by atoms with Crippen molar-refractivity contribution in [3.8, 4) is 5.75 Å². The highest BCUT2D eigenvalue weighted by Crippen LogP contribution is 2.16. The van der Waals surface area contributed by atoms with E-state index in [0.29, 0.717) is 37.6 Å². The number of hydrogen-bond donors (Lipinski definition) is 2. The van der Waals surface area contributed by atoms with Gasteiger partial charge in [0, 0.05) is 25.2 Å². The number of rotatable bonds is 6. The van der Waals surface area contributed by atoms with Gasteiger partial charge in [-0.05, 0) is 37.1 Å². The van der Waals surface area contributed by atoms with Gasteiger partial charge >= 0.3 is 0 Å². The van der Waals surface area contributed by atoms with Crippen LogP contribution in [0.15, 0.2) is 24.3 Å². The highest BCUT2D eigenvalue weighted by atomic mass is 35.5. The van der Waals surface area contributed by atoms with Crippen LogP contribution >= 0.6 is 12.4 Å². The molecule has 0 aliphatic carbocycles. The summed E-state index contributed by atoms with van der Waals surface area (Å²) in [4.78, 5) is 25.2. The minimum Gasteiger partial charge on any atom is -0.492 e. The Morgan fingerprint density at radius 1 is 1.27 bits per heavy atom. The number of piperidine rings is 1. The lowest BCUT2D eigenvalue weighted by molar-refractivity contribution is -0.136. The normalized spacial score (nSPS) is 14.2. The second-order valence-corrected chi connectivity index (χ2v) is 4.98. The fourth-order valence-electron chi connectivity index (χ4n) is 2.21. The fourth-order valence-corrected chi connectivity index (χ4v) is 2.21. The van der Waals surface area contributed by atoms with Gasteiger partial charge < -0.3 is 20.7 Å². The van der Waals surface area contributed by atoms with Gasteiger partial charge in [0.2, 0.25) is 11.8 Å². The van der Waals surface area contributed by atoms with Gasteiger partial charge in [0.15, 0.2) is 0 Å². The smallest absolute Gasteiger partial charge is 0.243 e. The van der Waals surface area contributed by atoms with E-state index < -0.39 is 0 Å². The Morgan fingerprint density at radius 2 is 2.00 bits per heavy atom. The molecule has 0 unspecified atom stereocenters. The minimum absolute atomic E-state index is 0. The zero-order chi connectivity index (χ0) is 15.1. The zero-order valence-corrected chi connectivity index (χ0v) is 13.2. The van der Waals surface area contributed by atoms with E-state index >= 15 is 0 Å². The summed E-state index contributed by atoms with van der Waals surface area (Å²) in [6.45, 7) is 1.70. The Kier molecular flexibility index (Phi) is 7.70. The Labute approximate surface area is 136 Å². The molecule has 0 bridgehead atoms. The van der Waals surface area contributed by atoms with Crippen LogP contribution in [0.5, 0.6) is 5.75 Å². The van der Waals surface area contributed by atoms with E-state index in [0.717, 1.165) is 12.8 Å². The number of nitrogens with one attached hydrogen (secondary N) is 1. The number of likely N-dealkylation sites (tertiary alicyclic amines) is 1. The predicted molar refractivity (Wildman–Crippen MR) is 87.3 cm³/mol. The number of carbonyl (C=O) groups is 2. The van der Waals surface area contributed by atoms with Crippen LogP contribution in [0.2, 0.25) is 0 Å². The molecule has 22 heavy (non-hydrogen) atoms. The van der Waals surface area contributed by atoms with E-state index in [-0.39, 0.29) is 30.8 Å². The van der Waals surface area contributed by atoms with E-state index in [9.17, 15) is 9.59 Å². The molecule has 7 heteroatoms. The van der Waals surface area contributed by atoms with E-state index in [4.69, 9.17) is 10.5 Å². The average Bonchev–Trinajstić information content (AvgIpc) is 2.49. The first kappa shape index (κ1) is 18.3. The lowest BCUT2D eigenvalue weighted by Gasteiger charge is -2.25. The van der Waals surface area contributed by atoms with Crippen LogP contribution in [0, 0.1) is 0 Å². The first-order valence-electron chi connectivity index (χ1n) is 7.19. The number of hydrogen-bond acceptors (Lipinski definition) is 4. The highest BCUT2D eigenvalue weighted by Gasteiger charge is 2.20. The van der Waals surface area contributed by atoms with Gasteiger partial charge in [0.1, 0.15) is 12.4 Å². The van der Waals surface area contributed by atoms with Gasteiger partial charge in [0.05, 0.1) is 6.54 Å². The maximum Gasteiger partial charge on any atom is 0.243 e. The number of anilines is 1. The van der Waals surface area contributed by atoms with Crippen LogP contribution in [0.25, 0.3) is 0 Å². The third kappa shape index (κ3) is 5.54. The molecule has 0 spiro atoms. The molecule has 1 aliphatic heterocycles. The maximum atomic E-state index is 11.9. The molecule has 1 saturated heterocycles. The van der Waals surface area contributed by atoms with Gasteiger partial charge in [-0.3, -0.25) is 9.59 Å². The van der Waals surface area contributed by atoms with E-state index in [1.165, 1.54) is 0 Å². The van der Waals surface area contributed by atoms with Crippen molar-refractivity contribution >= 4 is 29.9 Å². The number of carbonyl (C=O) groups excluding carboxylic acids is 2. The number of nitrogens with zero attached hydrogens (tertiary/aromatic N) is 1. The standard InChI is InChI=1S/C15H21N3O3.ClH/c16-8-10-21-13-6-4-12(5-7-13)17-14(19)11-18-9-2-1-3-15(18)20;/h4-7H,1-3,8-11,16H2,(H,17,19);1H. The summed E-state index contributed by atoms with van der Waals surface area (Å²) >= 11 is 0. The van der Waals surface area contributed by atoms with Gasteiger partial charge in [0.25, 0.3) is 0 Å². The Balaban J connectivity index is 0.00000242. The number of amides is 2. The van der Waals surface area contributed by atoms with Crippen molar-refractivity contribution in [2.45, 2.75) is 19.3 Å². The third-order valence-electron chi connectivity index (χ3n) is 3.28. The largest absolute Gasteiger partial charge is 0.492 e. The summed E-state index contributed by atoms with van der Waals surface area (Å²) in [7, 11) is 0. The van der Waals surface area contributed by atoms with Gasteiger partial charge in [-0.2, -0.15) is 0 Å². The van der Waals surface area contributed by atoms with Crippen molar-refractivity contribution in [3.05, 3.63) is 24.3 Å². The van der Waals surface area contributed by atoms with Crippen molar-refractivity contribution < 1.29 is 14.3 Å². The molecule has 1 heterocycles. The van der Waals surface area contributed by atoms with Crippen LogP contribution < -0.4 is 15.8 Å². The SMILES string of the molecule is Cl.NCCOc1ccc(NC(=O)CN2CCCCC2=O)cc1. The monoisotopic (exact) mass is 327 g/mol. The number of nitrogens with two attached hydrogens (primary N) is 1. The summed E-state index contributed by atoms with van der Waals surface area (Å²) in [6.07, 6.45) is 2.42. The maximum absolute atomic E-state index is 11.9. The predicted octanol–water partition coefficient (Wildman–Crippen LogP) is 1.40. The minimum atomic E-state index is -0.180. The molecule has 6 nitrogen and oxygen atoms in total. The summed E-state index contributed by atoms with van der Waals surface area (Å²) in [5.74, 6) is 0.590. The molecule has 1 aromatic carbocycles. The molecule has 0 aromatic heterocycles. The second-order valence-electron chi connectivity index (χ2n) is 4.98. The van der Waals surface area contributed by atoms with Crippen molar-refractivity contribution in [1.82, 2.24) is 4.90 Å². The summed E-state index contributed by atoms with van der Waals surface area (Å²) in [5, 5.41) is 2.78. The first-order chi connectivity index (χ1) is 10.2. The van der Waals surface area contributed by atoms with Crippen LogP contribution in [0.3, 0.4) is 0 Å².